The van der Waals surface area contributed by atoms with Crippen LogP contribution in [0.4, 0.5) is 5.69 Å². The van der Waals surface area contributed by atoms with Gasteiger partial charge in [0, 0.05) is 17.7 Å². The lowest BCUT2D eigenvalue weighted by Crippen LogP contribution is -3.27. The van der Waals surface area contributed by atoms with E-state index in [2.05, 4.69) is 12.2 Å². The lowest BCUT2D eigenvalue weighted by molar-refractivity contribution is -1.02. The number of benzene rings is 1. The third-order valence-corrected chi connectivity index (χ3v) is 7.52. The van der Waals surface area contributed by atoms with Crippen LogP contribution in [0.25, 0.3) is 0 Å². The molecule has 8 heteroatoms. The van der Waals surface area contributed by atoms with E-state index in [1.807, 2.05) is 12.1 Å². The van der Waals surface area contributed by atoms with E-state index in [1.165, 1.54) is 9.80 Å². The van der Waals surface area contributed by atoms with Crippen LogP contribution >= 0.6 is 0 Å². The summed E-state index contributed by atoms with van der Waals surface area (Å²) in [5.74, 6) is 0.490. The van der Waals surface area contributed by atoms with Gasteiger partial charge >= 0.3 is 0 Å². The number of non-ortho nitro benzene ring substituents is 1. The maximum absolute atomic E-state index is 12.8. The van der Waals surface area contributed by atoms with Gasteiger partial charge in [-0.25, -0.2) is 0 Å². The molecular weight excluding hydrogens is 384 g/mol. The van der Waals surface area contributed by atoms with Crippen LogP contribution in [0.15, 0.2) is 36.4 Å². The second-order valence-corrected chi connectivity index (χ2v) is 9.18. The predicted octanol–water partition coefficient (Wildman–Crippen LogP) is -1.31. The van der Waals surface area contributed by atoms with Crippen LogP contribution in [0.5, 0.6) is 0 Å². The highest BCUT2D eigenvalue weighted by Crippen LogP contribution is 2.52. The first-order valence-corrected chi connectivity index (χ1v) is 11.0. The fourth-order valence-corrected chi connectivity index (χ4v) is 5.86. The van der Waals surface area contributed by atoms with Gasteiger partial charge in [-0.3, -0.25) is 24.6 Å². The summed E-state index contributed by atoms with van der Waals surface area (Å²) in [7, 11) is 0. The van der Waals surface area contributed by atoms with Crippen molar-refractivity contribution in [2.75, 3.05) is 39.3 Å². The molecule has 2 aliphatic heterocycles. The van der Waals surface area contributed by atoms with Crippen LogP contribution in [0.1, 0.15) is 12.0 Å². The Morgan fingerprint density at radius 3 is 2.07 bits per heavy atom. The largest absolute Gasteiger partial charge is 0.324 e. The lowest BCUT2D eigenvalue weighted by Gasteiger charge is -2.30. The van der Waals surface area contributed by atoms with Crippen molar-refractivity contribution in [2.24, 2.45) is 23.7 Å². The Kier molecular flexibility index (Phi) is 4.91. The molecule has 2 amide bonds. The molecule has 3 fully saturated rings. The van der Waals surface area contributed by atoms with E-state index in [0.29, 0.717) is 6.54 Å². The van der Waals surface area contributed by atoms with E-state index in [-0.39, 0.29) is 46.1 Å². The number of allylic oxidation sites excluding steroid dienone is 2. The zero-order valence-electron chi connectivity index (χ0n) is 17.0. The molecule has 1 aromatic rings. The smallest absolute Gasteiger partial charge is 0.269 e. The molecule has 2 aliphatic carbocycles. The first kappa shape index (κ1) is 19.4. The normalized spacial score (nSPS) is 34.6. The summed E-state index contributed by atoms with van der Waals surface area (Å²) < 4.78 is 0. The first-order chi connectivity index (χ1) is 14.5. The quantitative estimate of drug-likeness (QED) is 0.263. The maximum Gasteiger partial charge on any atom is 0.269 e. The summed E-state index contributed by atoms with van der Waals surface area (Å²) in [5, 5.41) is 10.8. The van der Waals surface area contributed by atoms with E-state index in [9.17, 15) is 19.7 Å². The number of carbonyl (C=O) groups excluding carboxylic acids is 2. The SMILES string of the molecule is O=C1C2C3C=CC(C3)C2C(=O)N1CC[NH+]1CC[NH+](Cc2ccc([N+](=O)[O-])cc2)CC1. The second kappa shape index (κ2) is 7.59. The van der Waals surface area contributed by atoms with E-state index in [4.69, 9.17) is 0 Å². The monoisotopic (exact) mass is 412 g/mol. The minimum Gasteiger partial charge on any atom is -0.324 e. The third kappa shape index (κ3) is 3.33. The Hall–Kier alpha value is -2.58. The van der Waals surface area contributed by atoms with E-state index >= 15 is 0 Å². The molecule has 5 rings (SSSR count). The minimum absolute atomic E-state index is 0.0590. The van der Waals surface area contributed by atoms with Gasteiger partial charge in [-0.15, -0.1) is 0 Å². The van der Waals surface area contributed by atoms with E-state index in [1.54, 1.807) is 17.0 Å². The van der Waals surface area contributed by atoms with Crippen LogP contribution in [0, 0.1) is 33.8 Å². The van der Waals surface area contributed by atoms with Gasteiger partial charge in [-0.2, -0.15) is 0 Å². The summed E-state index contributed by atoms with van der Waals surface area (Å²) >= 11 is 0. The number of nitro groups is 1. The second-order valence-electron chi connectivity index (χ2n) is 9.18. The number of nitrogens with zero attached hydrogens (tertiary/aromatic N) is 2. The molecule has 0 aromatic heterocycles. The average molecular weight is 412 g/mol. The molecule has 2 saturated heterocycles. The highest BCUT2D eigenvalue weighted by molar-refractivity contribution is 6.06. The van der Waals surface area contributed by atoms with Gasteiger partial charge in [0.1, 0.15) is 32.7 Å². The van der Waals surface area contributed by atoms with Crippen molar-refractivity contribution in [3.63, 3.8) is 0 Å². The summed E-state index contributed by atoms with van der Waals surface area (Å²) in [4.78, 5) is 40.5. The van der Waals surface area contributed by atoms with Crippen LogP contribution in [-0.2, 0) is 16.1 Å². The fourth-order valence-electron chi connectivity index (χ4n) is 5.86. The Labute approximate surface area is 175 Å². The highest BCUT2D eigenvalue weighted by atomic mass is 16.6. The maximum atomic E-state index is 12.8. The number of nitrogens with one attached hydrogen (secondary N) is 2. The molecule has 30 heavy (non-hydrogen) atoms. The number of likely N-dealkylation sites (tertiary alicyclic amines) is 1. The van der Waals surface area contributed by atoms with Crippen LogP contribution in [0.2, 0.25) is 0 Å². The number of fused-ring (bicyclic) bond motifs is 5. The number of hydrogen-bond donors (Lipinski definition) is 2. The van der Waals surface area contributed by atoms with Crippen molar-refractivity contribution in [2.45, 2.75) is 13.0 Å². The standard InChI is InChI=1S/C22H26N4O4/c27-21-19-16-3-4-17(13-16)20(19)22(28)25(21)12-11-23-7-9-24(10-8-23)14-15-1-5-18(6-2-15)26(29)30/h1-6,16-17,19-20H,7-14H2/p+2. The molecular formula is C22H28N4O4+2. The number of hydrogen-bond acceptors (Lipinski definition) is 4. The molecule has 1 aromatic carbocycles. The number of piperazine rings is 1. The Morgan fingerprint density at radius 2 is 1.50 bits per heavy atom. The van der Waals surface area contributed by atoms with Crippen molar-refractivity contribution in [1.82, 2.24) is 4.90 Å². The molecule has 8 nitrogen and oxygen atoms in total. The zero-order valence-corrected chi connectivity index (χ0v) is 17.0. The number of rotatable bonds is 6. The molecule has 0 spiro atoms. The lowest BCUT2D eigenvalue weighted by atomic mass is 9.85. The molecule has 0 radical (unpaired) electrons. The van der Waals surface area contributed by atoms with Gasteiger partial charge < -0.3 is 9.80 Å². The molecule has 4 unspecified atom stereocenters. The highest BCUT2D eigenvalue weighted by Gasteiger charge is 2.59. The molecule has 4 aliphatic rings. The molecule has 4 atom stereocenters. The van der Waals surface area contributed by atoms with Crippen molar-refractivity contribution in [3.05, 3.63) is 52.1 Å². The van der Waals surface area contributed by atoms with E-state index < -0.39 is 0 Å². The number of amides is 2. The summed E-state index contributed by atoms with van der Waals surface area (Å²) in [6.45, 7) is 6.30. The van der Waals surface area contributed by atoms with Crippen LogP contribution in [0.3, 0.4) is 0 Å². The van der Waals surface area contributed by atoms with Crippen LogP contribution < -0.4 is 9.80 Å². The van der Waals surface area contributed by atoms with Crippen molar-refractivity contribution in [1.29, 1.82) is 0 Å². The zero-order chi connectivity index (χ0) is 20.8. The van der Waals surface area contributed by atoms with Gasteiger partial charge in [0.05, 0.1) is 29.8 Å². The molecule has 158 valence electrons. The number of nitro benzene ring substituents is 1. The fraction of sp³-hybridized carbons (Fsp3) is 0.545. The van der Waals surface area contributed by atoms with Gasteiger partial charge in [-0.05, 0) is 30.4 Å². The minimum atomic E-state index is -0.372. The number of quaternary nitrogens is 2. The summed E-state index contributed by atoms with van der Waals surface area (Å²) in [6.07, 6.45) is 5.25. The van der Waals surface area contributed by atoms with E-state index in [0.717, 1.165) is 51.3 Å². The van der Waals surface area contributed by atoms with Gasteiger partial charge in [0.15, 0.2) is 0 Å². The Balaban J connectivity index is 1.09. The van der Waals surface area contributed by atoms with Crippen LogP contribution in [-0.4, -0.2) is 60.9 Å². The predicted molar refractivity (Wildman–Crippen MR) is 107 cm³/mol. The van der Waals surface area contributed by atoms with Crippen molar-refractivity contribution >= 4 is 17.5 Å². The third-order valence-electron chi connectivity index (χ3n) is 7.52. The summed E-state index contributed by atoms with van der Waals surface area (Å²) in [5.41, 5.74) is 1.24. The number of carbonyl (C=O) groups is 2. The van der Waals surface area contributed by atoms with Crippen molar-refractivity contribution in [3.8, 4) is 0 Å². The summed E-state index contributed by atoms with van der Waals surface area (Å²) in [6, 6.07) is 6.82. The van der Waals surface area contributed by atoms with Gasteiger partial charge in [-0.1, -0.05) is 12.2 Å². The molecule has 2 N–H and O–H groups in total. The first-order valence-electron chi connectivity index (χ1n) is 11.0. The number of imide groups is 1. The van der Waals surface area contributed by atoms with Gasteiger partial charge in [0.25, 0.3) is 5.69 Å². The molecule has 2 heterocycles. The average Bonchev–Trinajstić information content (AvgIpc) is 3.42. The van der Waals surface area contributed by atoms with Gasteiger partial charge in [0.2, 0.25) is 11.8 Å². The molecule has 2 bridgehead atoms. The van der Waals surface area contributed by atoms with Crippen molar-refractivity contribution < 1.29 is 24.3 Å². The topological polar surface area (TPSA) is 89.4 Å². The Bertz CT molecular complexity index is 861. The molecule has 1 saturated carbocycles. The Morgan fingerprint density at radius 1 is 0.933 bits per heavy atom.